The summed E-state index contributed by atoms with van der Waals surface area (Å²) in [5, 5.41) is 17.7. The van der Waals surface area contributed by atoms with E-state index in [9.17, 15) is 19.2 Å². The summed E-state index contributed by atoms with van der Waals surface area (Å²) in [6.07, 6.45) is 2.60. The van der Waals surface area contributed by atoms with Gasteiger partial charge in [0.15, 0.2) is 5.78 Å². The van der Waals surface area contributed by atoms with Gasteiger partial charge in [-0.05, 0) is 82.3 Å². The number of carbonyl (C=O) groups is 4. The van der Waals surface area contributed by atoms with Crippen LogP contribution < -0.4 is 16.0 Å². The number of nitrogens with one attached hydrogen (secondary N) is 3. The quantitative estimate of drug-likeness (QED) is 0.315. The minimum atomic E-state index is -0.923. The molecule has 4 N–H and O–H groups in total. The van der Waals surface area contributed by atoms with Gasteiger partial charge in [0.25, 0.3) is 0 Å². The molecule has 0 aliphatic carbocycles. The fourth-order valence-corrected chi connectivity index (χ4v) is 4.51. The number of nitrogens with zero attached hydrogens (tertiary/aromatic N) is 1. The molecular formula is C28H36N4O5. The monoisotopic (exact) mass is 508 g/mol. The molecule has 3 rings (SSSR count). The van der Waals surface area contributed by atoms with Gasteiger partial charge >= 0.3 is 12.0 Å². The van der Waals surface area contributed by atoms with Crippen molar-refractivity contribution < 1.29 is 24.3 Å². The van der Waals surface area contributed by atoms with Crippen molar-refractivity contribution in [3.05, 3.63) is 54.1 Å². The maximum Gasteiger partial charge on any atom is 0.323 e. The van der Waals surface area contributed by atoms with Crippen LogP contribution >= 0.6 is 0 Å². The molecule has 2 aromatic carbocycles. The van der Waals surface area contributed by atoms with Crippen LogP contribution in [0.15, 0.2) is 48.5 Å². The zero-order valence-corrected chi connectivity index (χ0v) is 21.7. The summed E-state index contributed by atoms with van der Waals surface area (Å²) in [6.45, 7) is 6.05. The number of aryl methyl sites for hydroxylation is 1. The average molecular weight is 509 g/mol. The first-order valence-corrected chi connectivity index (χ1v) is 12.6. The molecule has 3 amide bonds. The molecule has 0 spiro atoms. The Hall–Kier alpha value is -3.88. The van der Waals surface area contributed by atoms with Gasteiger partial charge in [-0.3, -0.25) is 14.4 Å². The van der Waals surface area contributed by atoms with Crippen LogP contribution in [0.4, 0.5) is 21.9 Å². The molecule has 0 unspecified atom stereocenters. The highest BCUT2D eigenvalue weighted by molar-refractivity contribution is 6.00. The lowest BCUT2D eigenvalue weighted by molar-refractivity contribution is -0.139. The number of Topliss-reactive ketones (excluding diaryl/α,β-unsaturated/α-hetero) is 1. The number of amides is 3. The minimum Gasteiger partial charge on any atom is -0.481 e. The Morgan fingerprint density at radius 3 is 2.27 bits per heavy atom. The van der Waals surface area contributed by atoms with Crippen molar-refractivity contribution in [3.63, 3.8) is 0 Å². The van der Waals surface area contributed by atoms with Gasteiger partial charge in [-0.2, -0.15) is 0 Å². The zero-order chi connectivity index (χ0) is 27.0. The normalized spacial score (nSPS) is 15.2. The van der Waals surface area contributed by atoms with Gasteiger partial charge in [0, 0.05) is 36.4 Å². The highest BCUT2D eigenvalue weighted by atomic mass is 16.4. The number of carboxylic acid groups (broad SMARTS) is 1. The number of benzene rings is 2. The van der Waals surface area contributed by atoms with E-state index in [0.29, 0.717) is 37.2 Å². The van der Waals surface area contributed by atoms with Gasteiger partial charge in [0.1, 0.15) is 0 Å². The van der Waals surface area contributed by atoms with E-state index in [1.54, 1.807) is 43.0 Å². The molecule has 9 nitrogen and oxygen atoms in total. The van der Waals surface area contributed by atoms with E-state index in [1.807, 2.05) is 31.2 Å². The molecule has 0 aromatic heterocycles. The lowest BCUT2D eigenvalue weighted by Crippen LogP contribution is -2.52. The van der Waals surface area contributed by atoms with E-state index in [4.69, 9.17) is 5.11 Å². The smallest absolute Gasteiger partial charge is 0.323 e. The molecule has 1 aliphatic rings. The lowest BCUT2D eigenvalue weighted by Gasteiger charge is -2.33. The molecule has 1 saturated heterocycles. The topological polar surface area (TPSA) is 128 Å². The number of ketones is 1. The third kappa shape index (κ3) is 7.80. The molecule has 1 heterocycles. The molecule has 0 saturated carbocycles. The molecule has 1 aliphatic heterocycles. The van der Waals surface area contributed by atoms with E-state index in [-0.39, 0.29) is 30.6 Å². The second-order valence-corrected chi connectivity index (χ2v) is 9.93. The number of hydrogen-bond acceptors (Lipinski definition) is 5. The Balaban J connectivity index is 1.55. The van der Waals surface area contributed by atoms with Crippen LogP contribution in [-0.4, -0.2) is 51.8 Å². The van der Waals surface area contributed by atoms with E-state index in [1.165, 1.54) is 0 Å². The summed E-state index contributed by atoms with van der Waals surface area (Å²) in [5.74, 6) is -1.04. The van der Waals surface area contributed by atoms with Gasteiger partial charge < -0.3 is 26.0 Å². The molecule has 9 heteroatoms. The second kappa shape index (κ2) is 12.4. The van der Waals surface area contributed by atoms with Crippen molar-refractivity contribution in [2.75, 3.05) is 22.5 Å². The van der Waals surface area contributed by atoms with Crippen LogP contribution in [0.1, 0.15) is 57.9 Å². The van der Waals surface area contributed by atoms with E-state index < -0.39 is 17.6 Å². The van der Waals surface area contributed by atoms with Gasteiger partial charge in [-0.15, -0.1) is 0 Å². The SMILES string of the molecule is Cc1ccccc1NC(=O)Nc1ccc(NC(C)(C)C(=O)[C@@H]2CCCN2C(=O)CCCCC(=O)O)cc1. The molecule has 1 atom stereocenters. The highest BCUT2D eigenvalue weighted by Crippen LogP contribution is 2.27. The summed E-state index contributed by atoms with van der Waals surface area (Å²) >= 11 is 0. The molecule has 1 fully saturated rings. The number of hydrogen-bond donors (Lipinski definition) is 4. The van der Waals surface area contributed by atoms with Crippen molar-refractivity contribution in [1.29, 1.82) is 0 Å². The van der Waals surface area contributed by atoms with Crippen LogP contribution in [0, 0.1) is 6.92 Å². The van der Waals surface area contributed by atoms with E-state index in [0.717, 1.165) is 17.7 Å². The zero-order valence-electron chi connectivity index (χ0n) is 21.7. The molecule has 0 bridgehead atoms. The Morgan fingerprint density at radius 2 is 1.59 bits per heavy atom. The van der Waals surface area contributed by atoms with Crippen LogP contribution in [0.3, 0.4) is 0 Å². The first-order chi connectivity index (χ1) is 17.6. The molecule has 37 heavy (non-hydrogen) atoms. The van der Waals surface area contributed by atoms with Crippen LogP contribution in [0.2, 0.25) is 0 Å². The fraction of sp³-hybridized carbons (Fsp3) is 0.429. The number of carbonyl (C=O) groups excluding carboxylic acids is 3. The maximum absolute atomic E-state index is 13.4. The number of rotatable bonds is 11. The van der Waals surface area contributed by atoms with Gasteiger partial charge in [0.2, 0.25) is 5.91 Å². The predicted molar refractivity (Wildman–Crippen MR) is 144 cm³/mol. The standard InChI is InChI=1S/C28H36N4O5/c1-19-9-4-5-10-22(19)30-27(37)29-20-14-16-21(17-15-20)31-28(2,3)26(36)23-11-8-18-32(23)24(33)12-6-7-13-25(34)35/h4-5,9-10,14-17,23,31H,6-8,11-13,18H2,1-3H3,(H,34,35)(H2,29,30,37)/t23-/m0/s1. The number of anilines is 3. The lowest BCUT2D eigenvalue weighted by atomic mass is 9.91. The van der Waals surface area contributed by atoms with Crippen molar-refractivity contribution >= 4 is 40.8 Å². The first-order valence-electron chi connectivity index (χ1n) is 12.6. The van der Waals surface area contributed by atoms with Crippen LogP contribution in [0.25, 0.3) is 0 Å². The summed E-state index contributed by atoms with van der Waals surface area (Å²) < 4.78 is 0. The van der Waals surface area contributed by atoms with E-state index in [2.05, 4.69) is 16.0 Å². The number of urea groups is 1. The minimum absolute atomic E-state index is 0.0400. The van der Waals surface area contributed by atoms with Crippen molar-refractivity contribution in [2.24, 2.45) is 0 Å². The number of para-hydroxylation sites is 1. The molecule has 0 radical (unpaired) electrons. The fourth-order valence-electron chi connectivity index (χ4n) is 4.51. The van der Waals surface area contributed by atoms with Crippen molar-refractivity contribution in [3.8, 4) is 0 Å². The van der Waals surface area contributed by atoms with Gasteiger partial charge in [-0.1, -0.05) is 18.2 Å². The Kier molecular flexibility index (Phi) is 9.27. The maximum atomic E-state index is 13.4. The van der Waals surface area contributed by atoms with Gasteiger partial charge in [-0.25, -0.2) is 4.79 Å². The Morgan fingerprint density at radius 1 is 0.946 bits per heavy atom. The largest absolute Gasteiger partial charge is 0.481 e. The molecule has 2 aromatic rings. The summed E-state index contributed by atoms with van der Waals surface area (Å²) in [6, 6.07) is 13.8. The van der Waals surface area contributed by atoms with Crippen molar-refractivity contribution in [1.82, 2.24) is 4.90 Å². The number of likely N-dealkylation sites (tertiary alicyclic amines) is 1. The second-order valence-electron chi connectivity index (χ2n) is 9.93. The van der Waals surface area contributed by atoms with Crippen LogP contribution in [0.5, 0.6) is 0 Å². The summed E-state index contributed by atoms with van der Waals surface area (Å²) in [5.41, 5.74) is 2.10. The molecular weight excluding hydrogens is 472 g/mol. The first kappa shape index (κ1) is 27.7. The third-order valence-corrected chi connectivity index (χ3v) is 6.52. The van der Waals surface area contributed by atoms with Crippen molar-refractivity contribution in [2.45, 2.75) is 70.9 Å². The molecule has 198 valence electrons. The average Bonchev–Trinajstić information content (AvgIpc) is 3.33. The Labute approximate surface area is 217 Å². The number of unbranched alkanes of at least 4 members (excludes halogenated alkanes) is 1. The Bertz CT molecular complexity index is 1130. The predicted octanol–water partition coefficient (Wildman–Crippen LogP) is 5.03. The number of aliphatic carboxylic acids is 1. The van der Waals surface area contributed by atoms with E-state index >= 15 is 0 Å². The highest BCUT2D eigenvalue weighted by Gasteiger charge is 2.40. The number of carboxylic acids is 1. The summed E-state index contributed by atoms with van der Waals surface area (Å²) in [4.78, 5) is 50.8. The van der Waals surface area contributed by atoms with Gasteiger partial charge in [0.05, 0.1) is 11.6 Å². The summed E-state index contributed by atoms with van der Waals surface area (Å²) in [7, 11) is 0. The third-order valence-electron chi connectivity index (χ3n) is 6.52. The van der Waals surface area contributed by atoms with Crippen LogP contribution in [-0.2, 0) is 14.4 Å².